The van der Waals surface area contributed by atoms with E-state index in [2.05, 4.69) is 46.8 Å². The van der Waals surface area contributed by atoms with Crippen LogP contribution in [0.3, 0.4) is 0 Å². The van der Waals surface area contributed by atoms with E-state index in [0.29, 0.717) is 18.1 Å². The van der Waals surface area contributed by atoms with Crippen molar-refractivity contribution in [2.45, 2.75) is 64.1 Å². The van der Waals surface area contributed by atoms with Crippen LogP contribution in [0.5, 0.6) is 0 Å². The second kappa shape index (κ2) is 5.10. The first-order chi connectivity index (χ1) is 9.06. The van der Waals surface area contributed by atoms with Crippen molar-refractivity contribution in [3.63, 3.8) is 0 Å². The van der Waals surface area contributed by atoms with Gasteiger partial charge < -0.3 is 10.6 Å². The Balaban J connectivity index is 2.02. The molecule has 0 aliphatic carbocycles. The second-order valence-electron chi connectivity index (χ2n) is 6.29. The average Bonchev–Trinajstić information content (AvgIpc) is 2.28. The fraction of sp³-hybridized carbons (Fsp3) is 0.625. The molecule has 2 N–H and O–H groups in total. The normalized spacial score (nSPS) is 30.5. The Hall–Kier alpha value is -0.540. The predicted molar refractivity (Wildman–Crippen MR) is 84.7 cm³/mol. The molecule has 1 aromatic rings. The number of nitrogens with zero attached hydrogens (tertiary/aromatic N) is 1. The zero-order valence-corrected chi connectivity index (χ0v) is 13.4. The number of hydrogen-bond donors (Lipinski definition) is 1. The summed E-state index contributed by atoms with van der Waals surface area (Å²) < 4.78 is 1.25. The van der Waals surface area contributed by atoms with Crippen LogP contribution in [0.15, 0.2) is 16.6 Å². The van der Waals surface area contributed by atoms with Crippen molar-refractivity contribution in [2.24, 2.45) is 5.73 Å². The van der Waals surface area contributed by atoms with Gasteiger partial charge in [-0.25, -0.2) is 0 Å². The van der Waals surface area contributed by atoms with Crippen molar-refractivity contribution >= 4 is 21.6 Å². The van der Waals surface area contributed by atoms with E-state index in [4.69, 9.17) is 5.73 Å². The summed E-state index contributed by atoms with van der Waals surface area (Å²) in [4.78, 5) is 2.67. The van der Waals surface area contributed by atoms with Gasteiger partial charge in [0, 0.05) is 22.6 Å². The zero-order chi connectivity index (χ0) is 13.6. The summed E-state index contributed by atoms with van der Waals surface area (Å²) in [6, 6.07) is 6.22. The van der Waals surface area contributed by atoms with E-state index >= 15 is 0 Å². The summed E-state index contributed by atoms with van der Waals surface area (Å²) in [6.45, 7) is 4.39. The van der Waals surface area contributed by atoms with Crippen LogP contribution < -0.4 is 10.6 Å². The average molecular weight is 323 g/mol. The van der Waals surface area contributed by atoms with E-state index in [1.165, 1.54) is 40.5 Å². The van der Waals surface area contributed by atoms with E-state index in [-0.39, 0.29) is 0 Å². The minimum atomic E-state index is 0.399. The highest BCUT2D eigenvalue weighted by Crippen LogP contribution is 2.42. The third-order valence-corrected chi connectivity index (χ3v) is 5.27. The quantitative estimate of drug-likeness (QED) is 0.849. The molecule has 2 fully saturated rings. The highest BCUT2D eigenvalue weighted by molar-refractivity contribution is 9.10. The minimum Gasteiger partial charge on any atom is -0.364 e. The topological polar surface area (TPSA) is 29.3 Å². The largest absolute Gasteiger partial charge is 0.364 e. The smallest absolute Gasteiger partial charge is 0.0545 e. The highest BCUT2D eigenvalue weighted by Gasteiger charge is 2.38. The number of fused-ring (bicyclic) bond motifs is 2. The van der Waals surface area contributed by atoms with Crippen LogP contribution in [0.2, 0.25) is 0 Å². The maximum Gasteiger partial charge on any atom is 0.0545 e. The Kier molecular flexibility index (Phi) is 3.61. The molecule has 3 rings (SSSR count). The SMILES string of the molecule is Cc1cc(C)c(N2C3CCCC2CC(N)C3)c(Br)c1. The van der Waals surface area contributed by atoms with E-state index < -0.39 is 0 Å². The molecule has 0 spiro atoms. The van der Waals surface area contributed by atoms with Gasteiger partial charge in [-0.05, 0) is 79.1 Å². The summed E-state index contributed by atoms with van der Waals surface area (Å²) in [6.07, 6.45) is 6.25. The van der Waals surface area contributed by atoms with Gasteiger partial charge in [0.25, 0.3) is 0 Å². The van der Waals surface area contributed by atoms with Crippen LogP contribution in [-0.4, -0.2) is 18.1 Å². The first-order valence-electron chi connectivity index (χ1n) is 7.37. The molecule has 1 aromatic carbocycles. The fourth-order valence-electron chi connectivity index (χ4n) is 4.02. The third kappa shape index (κ3) is 2.43. The molecule has 2 bridgehead atoms. The van der Waals surface area contributed by atoms with Crippen molar-refractivity contribution in [2.75, 3.05) is 4.90 Å². The van der Waals surface area contributed by atoms with Gasteiger partial charge in [-0.15, -0.1) is 0 Å². The molecule has 2 heterocycles. The molecule has 2 aliphatic heterocycles. The molecule has 19 heavy (non-hydrogen) atoms. The van der Waals surface area contributed by atoms with Gasteiger partial charge in [0.05, 0.1) is 5.69 Å². The van der Waals surface area contributed by atoms with Gasteiger partial charge in [0.2, 0.25) is 0 Å². The Morgan fingerprint density at radius 3 is 2.37 bits per heavy atom. The van der Waals surface area contributed by atoms with Crippen molar-refractivity contribution in [3.8, 4) is 0 Å². The van der Waals surface area contributed by atoms with Crippen LogP contribution >= 0.6 is 15.9 Å². The lowest BCUT2D eigenvalue weighted by molar-refractivity contribution is 0.270. The van der Waals surface area contributed by atoms with Gasteiger partial charge in [0.1, 0.15) is 0 Å². The summed E-state index contributed by atoms with van der Waals surface area (Å²) in [5, 5.41) is 0. The fourth-order valence-corrected chi connectivity index (χ4v) is 4.90. The number of anilines is 1. The molecule has 2 nitrogen and oxygen atoms in total. The number of nitrogens with two attached hydrogens (primary N) is 1. The molecular formula is C16H23BrN2. The Bertz CT molecular complexity index is 449. The lowest BCUT2D eigenvalue weighted by Gasteiger charge is -2.50. The first kappa shape index (κ1) is 13.4. The summed E-state index contributed by atoms with van der Waals surface area (Å²) in [5.41, 5.74) is 10.4. The van der Waals surface area contributed by atoms with Crippen molar-refractivity contribution in [3.05, 3.63) is 27.7 Å². The van der Waals surface area contributed by atoms with Gasteiger partial charge in [0.15, 0.2) is 0 Å². The summed E-state index contributed by atoms with van der Waals surface area (Å²) in [5.74, 6) is 0. The van der Waals surface area contributed by atoms with E-state index in [1.54, 1.807) is 0 Å². The number of hydrogen-bond acceptors (Lipinski definition) is 2. The van der Waals surface area contributed by atoms with Crippen LogP contribution in [0, 0.1) is 13.8 Å². The molecule has 2 atom stereocenters. The Labute approximate surface area is 124 Å². The Morgan fingerprint density at radius 2 is 1.79 bits per heavy atom. The molecule has 0 radical (unpaired) electrons. The predicted octanol–water partition coefficient (Wildman–Crippen LogP) is 3.91. The maximum absolute atomic E-state index is 6.23. The summed E-state index contributed by atoms with van der Waals surface area (Å²) >= 11 is 3.78. The maximum atomic E-state index is 6.23. The first-order valence-corrected chi connectivity index (χ1v) is 8.16. The number of halogens is 1. The Morgan fingerprint density at radius 1 is 1.16 bits per heavy atom. The number of aryl methyl sites for hydroxylation is 2. The molecule has 0 amide bonds. The van der Waals surface area contributed by atoms with Crippen LogP contribution in [-0.2, 0) is 0 Å². The minimum absolute atomic E-state index is 0.399. The van der Waals surface area contributed by atoms with E-state index in [1.807, 2.05) is 0 Å². The summed E-state index contributed by atoms with van der Waals surface area (Å²) in [7, 11) is 0. The van der Waals surface area contributed by atoms with E-state index in [0.717, 1.165) is 12.8 Å². The third-order valence-electron chi connectivity index (χ3n) is 4.67. The van der Waals surface area contributed by atoms with Crippen LogP contribution in [0.1, 0.15) is 43.2 Å². The lowest BCUT2D eigenvalue weighted by Crippen LogP contribution is -2.55. The molecule has 2 saturated heterocycles. The standard InChI is InChI=1S/C16H23BrN2/c1-10-6-11(2)16(15(17)7-10)19-13-4-3-5-14(19)9-12(18)8-13/h6-7,12-14H,3-5,8-9,18H2,1-2H3. The van der Waals surface area contributed by atoms with Crippen molar-refractivity contribution in [1.29, 1.82) is 0 Å². The number of piperidine rings is 2. The van der Waals surface area contributed by atoms with Gasteiger partial charge in [-0.3, -0.25) is 0 Å². The molecule has 104 valence electrons. The molecule has 2 aliphatic rings. The number of rotatable bonds is 1. The zero-order valence-electron chi connectivity index (χ0n) is 11.8. The molecule has 0 aromatic heterocycles. The van der Waals surface area contributed by atoms with Crippen LogP contribution in [0.25, 0.3) is 0 Å². The van der Waals surface area contributed by atoms with Crippen LogP contribution in [0.4, 0.5) is 5.69 Å². The molecule has 3 heteroatoms. The van der Waals surface area contributed by atoms with E-state index in [9.17, 15) is 0 Å². The number of benzene rings is 1. The van der Waals surface area contributed by atoms with Gasteiger partial charge >= 0.3 is 0 Å². The monoisotopic (exact) mass is 322 g/mol. The van der Waals surface area contributed by atoms with Gasteiger partial charge in [-0.2, -0.15) is 0 Å². The lowest BCUT2D eigenvalue weighted by atomic mass is 9.81. The molecule has 0 saturated carbocycles. The second-order valence-corrected chi connectivity index (χ2v) is 7.14. The van der Waals surface area contributed by atoms with Crippen molar-refractivity contribution < 1.29 is 0 Å². The molecular weight excluding hydrogens is 300 g/mol. The molecule has 2 unspecified atom stereocenters. The highest BCUT2D eigenvalue weighted by atomic mass is 79.9. The van der Waals surface area contributed by atoms with Crippen molar-refractivity contribution in [1.82, 2.24) is 0 Å². The van der Waals surface area contributed by atoms with Gasteiger partial charge in [-0.1, -0.05) is 6.07 Å².